The van der Waals surface area contributed by atoms with E-state index in [9.17, 15) is 13.2 Å². The third kappa shape index (κ3) is 6.97. The SMILES string of the molecule is C=CCOc1ccc(CN(C)C(=O)/C=C/c2ccc(S(=O)(=O)Nc3ccccc3Cl)cc2)cc1. The largest absolute Gasteiger partial charge is 0.490 e. The number of ether oxygens (including phenoxy) is 1. The zero-order chi connectivity index (χ0) is 24.6. The first-order valence-corrected chi connectivity index (χ1v) is 12.3. The lowest BCUT2D eigenvalue weighted by molar-refractivity contribution is -0.125. The van der Waals surface area contributed by atoms with E-state index in [1.165, 1.54) is 18.2 Å². The van der Waals surface area contributed by atoms with Crippen molar-refractivity contribution < 1.29 is 17.9 Å². The maximum absolute atomic E-state index is 12.6. The molecule has 1 N–H and O–H groups in total. The minimum atomic E-state index is -3.79. The Bertz CT molecular complexity index is 1270. The molecule has 6 nitrogen and oxygen atoms in total. The van der Waals surface area contributed by atoms with Crippen molar-refractivity contribution in [3.8, 4) is 5.75 Å². The van der Waals surface area contributed by atoms with Crippen LogP contribution in [-0.2, 0) is 21.4 Å². The lowest BCUT2D eigenvalue weighted by Gasteiger charge is -2.15. The molecule has 0 fully saturated rings. The van der Waals surface area contributed by atoms with Crippen LogP contribution in [0.15, 0.2) is 96.4 Å². The van der Waals surface area contributed by atoms with Gasteiger partial charge >= 0.3 is 0 Å². The minimum Gasteiger partial charge on any atom is -0.490 e. The predicted octanol–water partition coefficient (Wildman–Crippen LogP) is 5.38. The summed E-state index contributed by atoms with van der Waals surface area (Å²) >= 11 is 6.03. The summed E-state index contributed by atoms with van der Waals surface area (Å²) in [6.45, 7) is 4.49. The van der Waals surface area contributed by atoms with Crippen LogP contribution in [0, 0.1) is 0 Å². The summed E-state index contributed by atoms with van der Waals surface area (Å²) in [5.41, 5.74) is 1.97. The maximum Gasteiger partial charge on any atom is 0.261 e. The van der Waals surface area contributed by atoms with Crippen molar-refractivity contribution in [3.05, 3.63) is 108 Å². The number of carbonyl (C=O) groups excluding carboxylic acids is 1. The number of hydrogen-bond acceptors (Lipinski definition) is 4. The molecule has 0 aromatic heterocycles. The second-order valence-corrected chi connectivity index (χ2v) is 9.52. The van der Waals surface area contributed by atoms with Gasteiger partial charge in [-0.05, 0) is 53.6 Å². The zero-order valence-corrected chi connectivity index (χ0v) is 20.2. The molecule has 3 rings (SSSR count). The number of sulfonamides is 1. The van der Waals surface area contributed by atoms with E-state index >= 15 is 0 Å². The van der Waals surface area contributed by atoms with Gasteiger partial charge in [-0.3, -0.25) is 9.52 Å². The predicted molar refractivity (Wildman–Crippen MR) is 136 cm³/mol. The second kappa shape index (κ2) is 11.5. The van der Waals surface area contributed by atoms with Crippen LogP contribution >= 0.6 is 11.6 Å². The van der Waals surface area contributed by atoms with E-state index in [-0.39, 0.29) is 10.8 Å². The number of hydrogen-bond donors (Lipinski definition) is 1. The molecular formula is C26H25ClN2O4S. The van der Waals surface area contributed by atoms with Gasteiger partial charge in [-0.2, -0.15) is 0 Å². The Kier molecular flexibility index (Phi) is 8.51. The van der Waals surface area contributed by atoms with Crippen LogP contribution in [0.5, 0.6) is 5.75 Å². The minimum absolute atomic E-state index is 0.0912. The summed E-state index contributed by atoms with van der Waals surface area (Å²) in [5.74, 6) is 0.564. The molecule has 0 bridgehead atoms. The number of carbonyl (C=O) groups is 1. The number of anilines is 1. The summed E-state index contributed by atoms with van der Waals surface area (Å²) < 4.78 is 33.1. The number of rotatable bonds is 10. The van der Waals surface area contributed by atoms with Gasteiger partial charge in [-0.15, -0.1) is 0 Å². The van der Waals surface area contributed by atoms with Crippen molar-refractivity contribution in [3.63, 3.8) is 0 Å². The monoisotopic (exact) mass is 496 g/mol. The zero-order valence-electron chi connectivity index (χ0n) is 18.6. The third-order valence-corrected chi connectivity index (χ3v) is 6.53. The van der Waals surface area contributed by atoms with Crippen molar-refractivity contribution in [2.45, 2.75) is 11.4 Å². The highest BCUT2D eigenvalue weighted by Crippen LogP contribution is 2.24. The van der Waals surface area contributed by atoms with Gasteiger partial charge in [0.1, 0.15) is 12.4 Å². The number of amides is 1. The molecule has 3 aromatic rings. The molecule has 0 unspecified atom stereocenters. The lowest BCUT2D eigenvalue weighted by atomic mass is 10.2. The topological polar surface area (TPSA) is 75.7 Å². The number of nitrogens with zero attached hydrogens (tertiary/aromatic N) is 1. The highest BCUT2D eigenvalue weighted by molar-refractivity contribution is 7.92. The molecule has 8 heteroatoms. The number of nitrogens with one attached hydrogen (secondary N) is 1. The normalized spacial score (nSPS) is 11.2. The average molecular weight is 497 g/mol. The number of likely N-dealkylation sites (N-methyl/N-ethyl adjacent to an activating group) is 1. The van der Waals surface area contributed by atoms with Gasteiger partial charge in [0.05, 0.1) is 15.6 Å². The summed E-state index contributed by atoms with van der Waals surface area (Å²) in [7, 11) is -2.07. The van der Waals surface area contributed by atoms with Gasteiger partial charge in [0.25, 0.3) is 10.0 Å². The quantitative estimate of drug-likeness (QED) is 0.302. The Morgan fingerprint density at radius 1 is 1.06 bits per heavy atom. The Hall–Kier alpha value is -3.55. The molecule has 0 saturated heterocycles. The van der Waals surface area contributed by atoms with Crippen LogP contribution in [0.2, 0.25) is 5.02 Å². The fourth-order valence-corrected chi connectivity index (χ4v) is 4.32. The number of halogens is 1. The summed E-state index contributed by atoms with van der Waals surface area (Å²) in [5, 5.41) is 0.310. The van der Waals surface area contributed by atoms with E-state index < -0.39 is 10.0 Å². The first-order valence-electron chi connectivity index (χ1n) is 10.4. The van der Waals surface area contributed by atoms with Crippen LogP contribution in [0.4, 0.5) is 5.69 Å². The number of para-hydroxylation sites is 1. The standard InChI is InChI=1S/C26H25ClN2O4S/c1-3-18-33-22-13-8-21(9-14-22)19-29(2)26(30)17-12-20-10-15-23(16-11-20)34(31,32)28-25-7-5-4-6-24(25)27/h3-17,28H,1,18-19H2,2H3/b17-12+. The Morgan fingerprint density at radius 3 is 2.38 bits per heavy atom. The molecule has 176 valence electrons. The summed E-state index contributed by atoms with van der Waals surface area (Å²) in [4.78, 5) is 14.2. The smallest absolute Gasteiger partial charge is 0.261 e. The molecular weight excluding hydrogens is 472 g/mol. The van der Waals surface area contributed by atoms with Crippen LogP contribution < -0.4 is 9.46 Å². The third-order valence-electron chi connectivity index (χ3n) is 4.81. The molecule has 0 radical (unpaired) electrons. The fraction of sp³-hybridized carbons (Fsp3) is 0.115. The van der Waals surface area contributed by atoms with Crippen LogP contribution in [-0.4, -0.2) is 32.9 Å². The second-order valence-electron chi connectivity index (χ2n) is 7.43. The van der Waals surface area contributed by atoms with E-state index in [1.807, 2.05) is 24.3 Å². The number of benzene rings is 3. The first kappa shape index (κ1) is 25.1. The van der Waals surface area contributed by atoms with Crippen molar-refractivity contribution in [2.24, 2.45) is 0 Å². The maximum atomic E-state index is 12.6. The van der Waals surface area contributed by atoms with Gasteiger partial charge in [-0.1, -0.05) is 60.7 Å². The van der Waals surface area contributed by atoms with E-state index in [0.29, 0.717) is 29.4 Å². The molecule has 0 aliphatic rings. The van der Waals surface area contributed by atoms with Crippen LogP contribution in [0.25, 0.3) is 6.08 Å². The van der Waals surface area contributed by atoms with Crippen molar-refractivity contribution >= 4 is 39.3 Å². The molecule has 0 aliphatic carbocycles. The van der Waals surface area contributed by atoms with E-state index in [2.05, 4.69) is 11.3 Å². The van der Waals surface area contributed by atoms with E-state index in [1.54, 1.807) is 60.5 Å². The van der Waals surface area contributed by atoms with Crippen LogP contribution in [0.3, 0.4) is 0 Å². The van der Waals surface area contributed by atoms with E-state index in [4.69, 9.17) is 16.3 Å². The summed E-state index contributed by atoms with van der Waals surface area (Å²) in [6, 6.07) is 20.3. The fourth-order valence-electron chi connectivity index (χ4n) is 3.00. The van der Waals surface area contributed by atoms with E-state index in [0.717, 1.165) is 11.3 Å². The molecule has 0 aliphatic heterocycles. The first-order chi connectivity index (χ1) is 16.3. The Balaban J connectivity index is 1.59. The van der Waals surface area contributed by atoms with Crippen molar-refractivity contribution in [2.75, 3.05) is 18.4 Å². The highest BCUT2D eigenvalue weighted by Gasteiger charge is 2.15. The van der Waals surface area contributed by atoms with Crippen LogP contribution in [0.1, 0.15) is 11.1 Å². The molecule has 1 amide bonds. The molecule has 0 atom stereocenters. The average Bonchev–Trinajstić information content (AvgIpc) is 2.83. The van der Waals surface area contributed by atoms with Crippen molar-refractivity contribution in [1.82, 2.24) is 4.90 Å². The molecule has 0 saturated carbocycles. The van der Waals surface area contributed by atoms with Crippen molar-refractivity contribution in [1.29, 1.82) is 0 Å². The molecule has 0 spiro atoms. The van der Waals surface area contributed by atoms with Gasteiger partial charge in [0, 0.05) is 19.7 Å². The highest BCUT2D eigenvalue weighted by atomic mass is 35.5. The molecule has 0 heterocycles. The Morgan fingerprint density at radius 2 is 1.74 bits per heavy atom. The molecule has 3 aromatic carbocycles. The van der Waals surface area contributed by atoms with Gasteiger partial charge in [0.2, 0.25) is 5.91 Å². The Labute approximate surface area is 205 Å². The van der Waals surface area contributed by atoms with Gasteiger partial charge in [-0.25, -0.2) is 8.42 Å². The lowest BCUT2D eigenvalue weighted by Crippen LogP contribution is -2.24. The molecule has 34 heavy (non-hydrogen) atoms. The van der Waals surface area contributed by atoms with Gasteiger partial charge < -0.3 is 9.64 Å². The summed E-state index contributed by atoms with van der Waals surface area (Å²) in [6.07, 6.45) is 4.77. The van der Waals surface area contributed by atoms with Gasteiger partial charge in [0.15, 0.2) is 0 Å².